The van der Waals surface area contributed by atoms with Gasteiger partial charge in [-0.25, -0.2) is 4.79 Å². The molecule has 0 unspecified atom stereocenters. The lowest BCUT2D eigenvalue weighted by molar-refractivity contribution is -0.140. The van der Waals surface area contributed by atoms with Gasteiger partial charge in [-0.2, -0.15) is 0 Å². The van der Waals surface area contributed by atoms with Crippen molar-refractivity contribution in [3.63, 3.8) is 0 Å². The number of aryl methyl sites for hydroxylation is 1. The first-order chi connectivity index (χ1) is 18.9. The largest absolute Gasteiger partial charge is 0.439 e. The van der Waals surface area contributed by atoms with Crippen LogP contribution in [0.25, 0.3) is 27.9 Å². The average Bonchev–Trinajstić information content (AvgIpc) is 3.46. The molecule has 0 fully saturated rings. The summed E-state index contributed by atoms with van der Waals surface area (Å²) in [6.45, 7) is 9.13. The normalized spacial score (nSPS) is 14.2. The third kappa shape index (κ3) is 5.04. The third-order valence-electron chi connectivity index (χ3n) is 7.02. The zero-order valence-corrected chi connectivity index (χ0v) is 22.9. The van der Waals surface area contributed by atoms with E-state index in [1.54, 1.807) is 0 Å². The van der Waals surface area contributed by atoms with Crippen LogP contribution in [0.5, 0.6) is 5.75 Å². The van der Waals surface area contributed by atoms with Crippen LogP contribution in [0.15, 0.2) is 71.7 Å². The molecule has 1 aromatic heterocycles. The van der Waals surface area contributed by atoms with Crippen molar-refractivity contribution < 1.29 is 19.2 Å². The maximum Gasteiger partial charge on any atom is 0.331 e. The van der Waals surface area contributed by atoms with Gasteiger partial charge in [-0.3, -0.25) is 4.79 Å². The molecule has 5 rings (SSSR count). The third-order valence-corrected chi connectivity index (χ3v) is 7.02. The van der Waals surface area contributed by atoms with Crippen molar-refractivity contribution in [2.45, 2.75) is 53.5 Å². The van der Waals surface area contributed by atoms with Gasteiger partial charge in [0.05, 0.1) is 5.69 Å². The molecule has 7 nitrogen and oxygen atoms in total. The van der Waals surface area contributed by atoms with Crippen molar-refractivity contribution in [2.24, 2.45) is 5.16 Å². The molecule has 0 N–H and O–H groups in total. The number of hydrogen-bond donors (Lipinski definition) is 0. The van der Waals surface area contributed by atoms with E-state index in [4.69, 9.17) is 9.57 Å². The van der Waals surface area contributed by atoms with Gasteiger partial charge >= 0.3 is 5.97 Å². The Bertz CT molecular complexity index is 1630. The van der Waals surface area contributed by atoms with Gasteiger partial charge in [0, 0.05) is 53.5 Å². The summed E-state index contributed by atoms with van der Waals surface area (Å²) in [7, 11) is 0. The molecule has 39 heavy (non-hydrogen) atoms. The number of benzene rings is 3. The van der Waals surface area contributed by atoms with Gasteiger partial charge in [0.15, 0.2) is 5.75 Å². The summed E-state index contributed by atoms with van der Waals surface area (Å²) in [6.07, 6.45) is 4.19. The second kappa shape index (κ2) is 11.2. The number of carbonyl (C=O) groups is 2. The summed E-state index contributed by atoms with van der Waals surface area (Å²) < 4.78 is 8.43. The standard InChI is InChI=1S/C32H33N3O4/c1-5-8-11-26(33-39-21(4)36)32(37)23-15-17-28-25(20-23)24-18-22(14-16-27(24)34(28)6-2)19-31-35(7-3)29-12-9-10-13-30(29)38-31/h9-10,12-20H,5-8,11H2,1-4H3. The van der Waals surface area contributed by atoms with Crippen LogP contribution < -0.4 is 9.64 Å². The van der Waals surface area contributed by atoms with E-state index >= 15 is 0 Å². The molecule has 0 aliphatic carbocycles. The minimum atomic E-state index is -0.545. The van der Waals surface area contributed by atoms with Crippen LogP contribution >= 0.6 is 0 Å². The van der Waals surface area contributed by atoms with Crippen LogP contribution in [0, 0.1) is 0 Å². The number of carbonyl (C=O) groups excluding carboxylic acids is 2. The van der Waals surface area contributed by atoms with Crippen LogP contribution in [0.1, 0.15) is 62.9 Å². The lowest BCUT2D eigenvalue weighted by Crippen LogP contribution is -2.19. The zero-order valence-electron chi connectivity index (χ0n) is 22.9. The summed E-state index contributed by atoms with van der Waals surface area (Å²) in [5, 5.41) is 5.94. The van der Waals surface area contributed by atoms with E-state index in [1.807, 2.05) is 43.3 Å². The van der Waals surface area contributed by atoms with Crippen molar-refractivity contribution in [1.82, 2.24) is 4.57 Å². The fraction of sp³-hybridized carbons (Fsp3) is 0.281. The highest BCUT2D eigenvalue weighted by Crippen LogP contribution is 2.39. The van der Waals surface area contributed by atoms with Gasteiger partial charge in [0.25, 0.3) is 0 Å². The summed E-state index contributed by atoms with van der Waals surface area (Å²) in [6, 6.07) is 20.2. The molecule has 200 valence electrons. The predicted molar refractivity (Wildman–Crippen MR) is 156 cm³/mol. The monoisotopic (exact) mass is 523 g/mol. The molecule has 4 aromatic rings. The number of fused-ring (bicyclic) bond motifs is 4. The smallest absolute Gasteiger partial charge is 0.331 e. The van der Waals surface area contributed by atoms with E-state index < -0.39 is 5.97 Å². The average molecular weight is 524 g/mol. The molecule has 0 saturated heterocycles. The quantitative estimate of drug-likeness (QED) is 0.0994. The Kier molecular flexibility index (Phi) is 7.50. The molecule has 0 radical (unpaired) electrons. The Balaban J connectivity index is 1.57. The van der Waals surface area contributed by atoms with E-state index in [9.17, 15) is 9.59 Å². The summed E-state index contributed by atoms with van der Waals surface area (Å²) in [4.78, 5) is 31.8. The molecule has 0 amide bonds. The molecule has 0 bridgehead atoms. The number of aromatic nitrogens is 1. The Labute approximate surface area is 228 Å². The van der Waals surface area contributed by atoms with Crippen LogP contribution in [0.4, 0.5) is 5.69 Å². The minimum absolute atomic E-state index is 0.224. The van der Waals surface area contributed by atoms with Crippen LogP contribution in [-0.4, -0.2) is 28.6 Å². The molecular formula is C32H33N3O4. The van der Waals surface area contributed by atoms with Gasteiger partial charge in [0.2, 0.25) is 11.7 Å². The lowest BCUT2D eigenvalue weighted by atomic mass is 10.0. The SMILES string of the molecule is CCCCC(=NOC(C)=O)C(=O)c1ccc2c(c1)c1cc(C=C3Oc4ccccc4N3CC)ccc1n2CC. The van der Waals surface area contributed by atoms with Gasteiger partial charge in [-0.15, -0.1) is 0 Å². The highest BCUT2D eigenvalue weighted by Gasteiger charge is 2.24. The van der Waals surface area contributed by atoms with E-state index in [2.05, 4.69) is 58.8 Å². The van der Waals surface area contributed by atoms with Gasteiger partial charge < -0.3 is 19.0 Å². The van der Waals surface area contributed by atoms with Crippen molar-refractivity contribution >= 4 is 51.0 Å². The summed E-state index contributed by atoms with van der Waals surface area (Å²) >= 11 is 0. The highest BCUT2D eigenvalue weighted by molar-refractivity contribution is 6.46. The van der Waals surface area contributed by atoms with Gasteiger partial charge in [-0.05, 0) is 74.7 Å². The zero-order chi connectivity index (χ0) is 27.5. The second-order valence-corrected chi connectivity index (χ2v) is 9.60. The first kappa shape index (κ1) is 26.2. The number of oxime groups is 1. The molecule has 2 heterocycles. The van der Waals surface area contributed by atoms with E-state index in [0.29, 0.717) is 12.0 Å². The second-order valence-electron chi connectivity index (χ2n) is 9.60. The van der Waals surface area contributed by atoms with Crippen molar-refractivity contribution in [2.75, 3.05) is 11.4 Å². The topological polar surface area (TPSA) is 73.1 Å². The number of anilines is 1. The van der Waals surface area contributed by atoms with Crippen LogP contribution in [0.2, 0.25) is 0 Å². The number of Topliss-reactive ketones (excluding diaryl/α,β-unsaturated/α-hetero) is 1. The van der Waals surface area contributed by atoms with Gasteiger partial charge in [-0.1, -0.05) is 36.7 Å². The lowest BCUT2D eigenvalue weighted by Gasteiger charge is -2.15. The predicted octanol–water partition coefficient (Wildman–Crippen LogP) is 7.32. The molecular weight excluding hydrogens is 490 g/mol. The number of ether oxygens (including phenoxy) is 1. The van der Waals surface area contributed by atoms with Crippen molar-refractivity contribution in [3.8, 4) is 5.75 Å². The van der Waals surface area contributed by atoms with E-state index in [-0.39, 0.29) is 11.5 Å². The number of hydrogen-bond acceptors (Lipinski definition) is 6. The van der Waals surface area contributed by atoms with Gasteiger partial charge in [0.1, 0.15) is 5.71 Å². The molecule has 1 aliphatic heterocycles. The molecule has 1 aliphatic rings. The molecule has 0 spiro atoms. The molecule has 0 saturated carbocycles. The Morgan fingerprint density at radius 2 is 1.69 bits per heavy atom. The van der Waals surface area contributed by atoms with E-state index in [0.717, 1.165) is 70.6 Å². The van der Waals surface area contributed by atoms with Crippen molar-refractivity contribution in [3.05, 3.63) is 77.7 Å². The number of para-hydroxylation sites is 2. The number of unbranched alkanes of at least 4 members (excludes halogenated alkanes) is 1. The fourth-order valence-corrected chi connectivity index (χ4v) is 5.15. The Morgan fingerprint density at radius 1 is 0.949 bits per heavy atom. The molecule has 7 heteroatoms. The maximum absolute atomic E-state index is 13.4. The highest BCUT2D eigenvalue weighted by atomic mass is 16.7. The summed E-state index contributed by atoms with van der Waals surface area (Å²) in [5.41, 5.74) is 5.01. The van der Waals surface area contributed by atoms with E-state index in [1.165, 1.54) is 6.92 Å². The maximum atomic E-state index is 13.4. The van der Waals surface area contributed by atoms with Crippen molar-refractivity contribution in [1.29, 1.82) is 0 Å². The Hall–Kier alpha value is -4.39. The van der Waals surface area contributed by atoms with Crippen LogP contribution in [-0.2, 0) is 16.2 Å². The van der Waals surface area contributed by atoms with Crippen LogP contribution in [0.3, 0.4) is 0 Å². The molecule has 3 aromatic carbocycles. The summed E-state index contributed by atoms with van der Waals surface area (Å²) in [5.74, 6) is 0.871. The number of nitrogens with zero attached hydrogens (tertiary/aromatic N) is 3. The first-order valence-corrected chi connectivity index (χ1v) is 13.6. The number of rotatable bonds is 9. The minimum Gasteiger partial charge on any atom is -0.439 e. The Morgan fingerprint density at radius 3 is 2.41 bits per heavy atom. The number of ketones is 1. The molecule has 0 atom stereocenters. The first-order valence-electron chi connectivity index (χ1n) is 13.6. The fourth-order valence-electron chi connectivity index (χ4n) is 5.15.